The Hall–Kier alpha value is -0.530. The maximum atomic E-state index is 6.07. The van der Waals surface area contributed by atoms with Gasteiger partial charge in [0.25, 0.3) is 0 Å². The van der Waals surface area contributed by atoms with E-state index in [4.69, 9.17) is 11.6 Å². The summed E-state index contributed by atoms with van der Waals surface area (Å²) in [5.41, 5.74) is 1.36. The molecule has 0 amide bonds. The monoisotopic (exact) mass is 253 g/mol. The van der Waals surface area contributed by atoms with Gasteiger partial charge in [0.1, 0.15) is 0 Å². The van der Waals surface area contributed by atoms with Gasteiger partial charge in [-0.15, -0.1) is 0 Å². The predicted molar refractivity (Wildman–Crippen MR) is 76.8 cm³/mol. The molecule has 0 bridgehead atoms. The number of benzene rings is 1. The van der Waals surface area contributed by atoms with Crippen molar-refractivity contribution in [2.75, 3.05) is 13.1 Å². The molecule has 1 N–H and O–H groups in total. The van der Waals surface area contributed by atoms with Crippen LogP contribution in [0.25, 0.3) is 0 Å². The molecule has 0 saturated heterocycles. The van der Waals surface area contributed by atoms with E-state index in [1.54, 1.807) is 0 Å². The van der Waals surface area contributed by atoms with E-state index in [1.165, 1.54) is 18.4 Å². The minimum Gasteiger partial charge on any atom is -0.316 e. The van der Waals surface area contributed by atoms with Crippen molar-refractivity contribution >= 4 is 11.6 Å². The van der Waals surface area contributed by atoms with Gasteiger partial charge >= 0.3 is 0 Å². The fraction of sp³-hybridized carbons (Fsp3) is 0.600. The number of likely N-dealkylation sites (N-methyl/N-ethyl adjacent to an activating group) is 1. The average molecular weight is 254 g/mol. The molecule has 1 unspecified atom stereocenters. The van der Waals surface area contributed by atoms with Gasteiger partial charge < -0.3 is 5.32 Å². The van der Waals surface area contributed by atoms with Crippen molar-refractivity contribution in [3.05, 3.63) is 34.9 Å². The van der Waals surface area contributed by atoms with Gasteiger partial charge in [0.05, 0.1) is 0 Å². The Kier molecular flexibility index (Phi) is 6.61. The molecule has 1 atom stereocenters. The smallest absolute Gasteiger partial charge is 0.0408 e. The lowest BCUT2D eigenvalue weighted by molar-refractivity contribution is 0.480. The minimum absolute atomic E-state index is 0.580. The molecule has 0 heterocycles. The SMILES string of the molecule is CCNCC(CCC(C)C)c1cccc(Cl)c1. The van der Waals surface area contributed by atoms with E-state index < -0.39 is 0 Å². The first kappa shape index (κ1) is 14.5. The maximum Gasteiger partial charge on any atom is 0.0408 e. The molecule has 17 heavy (non-hydrogen) atoms. The lowest BCUT2D eigenvalue weighted by Gasteiger charge is -2.19. The van der Waals surface area contributed by atoms with Crippen LogP contribution >= 0.6 is 11.6 Å². The number of halogens is 1. The molecule has 1 nitrogen and oxygen atoms in total. The van der Waals surface area contributed by atoms with Gasteiger partial charge in [-0.05, 0) is 42.5 Å². The largest absolute Gasteiger partial charge is 0.316 e. The summed E-state index contributed by atoms with van der Waals surface area (Å²) in [6.07, 6.45) is 2.49. The molecule has 0 aliphatic carbocycles. The molecular weight excluding hydrogens is 230 g/mol. The number of hydrogen-bond donors (Lipinski definition) is 1. The predicted octanol–water partition coefficient (Wildman–Crippen LogP) is 4.47. The Labute approximate surface area is 111 Å². The van der Waals surface area contributed by atoms with Crippen LogP contribution in [0.2, 0.25) is 5.02 Å². The Bertz CT molecular complexity index is 322. The van der Waals surface area contributed by atoms with Crippen molar-refractivity contribution in [2.45, 2.75) is 39.5 Å². The van der Waals surface area contributed by atoms with E-state index in [0.717, 1.165) is 24.0 Å². The highest BCUT2D eigenvalue weighted by Gasteiger charge is 2.12. The number of hydrogen-bond acceptors (Lipinski definition) is 1. The molecule has 1 aromatic carbocycles. The van der Waals surface area contributed by atoms with Crippen LogP contribution in [0.15, 0.2) is 24.3 Å². The van der Waals surface area contributed by atoms with E-state index in [1.807, 2.05) is 12.1 Å². The summed E-state index contributed by atoms with van der Waals surface area (Å²) in [5, 5.41) is 4.29. The van der Waals surface area contributed by atoms with Gasteiger partial charge in [0.2, 0.25) is 0 Å². The number of nitrogens with one attached hydrogen (secondary N) is 1. The summed E-state index contributed by atoms with van der Waals surface area (Å²) < 4.78 is 0. The summed E-state index contributed by atoms with van der Waals surface area (Å²) in [6.45, 7) is 8.78. The van der Waals surface area contributed by atoms with E-state index in [9.17, 15) is 0 Å². The average Bonchev–Trinajstić information content (AvgIpc) is 2.29. The molecule has 0 saturated carbocycles. The zero-order valence-corrected chi connectivity index (χ0v) is 11.9. The molecule has 0 aromatic heterocycles. The molecule has 0 radical (unpaired) electrons. The maximum absolute atomic E-state index is 6.07. The fourth-order valence-corrected chi connectivity index (χ4v) is 2.20. The highest BCUT2D eigenvalue weighted by atomic mass is 35.5. The molecule has 0 spiro atoms. The van der Waals surface area contributed by atoms with Crippen molar-refractivity contribution < 1.29 is 0 Å². The highest BCUT2D eigenvalue weighted by Crippen LogP contribution is 2.25. The van der Waals surface area contributed by atoms with Crippen molar-refractivity contribution in [1.82, 2.24) is 5.32 Å². The van der Waals surface area contributed by atoms with Crippen molar-refractivity contribution in [3.63, 3.8) is 0 Å². The van der Waals surface area contributed by atoms with E-state index in [-0.39, 0.29) is 0 Å². The van der Waals surface area contributed by atoms with Crippen LogP contribution in [0.1, 0.15) is 45.1 Å². The molecular formula is C15H24ClN. The molecule has 0 fully saturated rings. The van der Waals surface area contributed by atoms with Gasteiger partial charge in [-0.25, -0.2) is 0 Å². The summed E-state index contributed by atoms with van der Waals surface area (Å²) >= 11 is 6.07. The summed E-state index contributed by atoms with van der Waals surface area (Å²) in [6, 6.07) is 8.28. The molecule has 96 valence electrons. The van der Waals surface area contributed by atoms with E-state index in [0.29, 0.717) is 5.92 Å². The van der Waals surface area contributed by atoms with E-state index in [2.05, 4.69) is 38.2 Å². The zero-order chi connectivity index (χ0) is 12.7. The van der Waals surface area contributed by atoms with Crippen molar-refractivity contribution in [3.8, 4) is 0 Å². The minimum atomic E-state index is 0.580. The van der Waals surface area contributed by atoms with Gasteiger partial charge in [-0.3, -0.25) is 0 Å². The van der Waals surface area contributed by atoms with Gasteiger partial charge in [-0.1, -0.05) is 50.9 Å². The van der Waals surface area contributed by atoms with Gasteiger partial charge in [0.15, 0.2) is 0 Å². The molecule has 1 rings (SSSR count). The molecule has 0 aliphatic heterocycles. The van der Waals surface area contributed by atoms with Crippen LogP contribution in [0.5, 0.6) is 0 Å². The third-order valence-corrected chi connectivity index (χ3v) is 3.29. The van der Waals surface area contributed by atoms with E-state index >= 15 is 0 Å². The third-order valence-electron chi connectivity index (χ3n) is 3.05. The Morgan fingerprint density at radius 1 is 1.24 bits per heavy atom. The summed E-state index contributed by atoms with van der Waals surface area (Å²) in [4.78, 5) is 0. The van der Waals surface area contributed by atoms with Crippen LogP contribution < -0.4 is 5.32 Å². The van der Waals surface area contributed by atoms with Crippen LogP contribution in [0, 0.1) is 5.92 Å². The second kappa shape index (κ2) is 7.73. The second-order valence-corrected chi connectivity index (χ2v) is 5.47. The standard InChI is InChI=1S/C15H24ClN/c1-4-17-11-14(9-8-12(2)3)13-6-5-7-15(16)10-13/h5-7,10,12,14,17H,4,8-9,11H2,1-3H3. The topological polar surface area (TPSA) is 12.0 Å². The summed E-state index contributed by atoms with van der Waals surface area (Å²) in [7, 11) is 0. The molecule has 0 aliphatic rings. The summed E-state index contributed by atoms with van der Waals surface area (Å²) in [5.74, 6) is 1.34. The molecule has 2 heteroatoms. The first-order valence-electron chi connectivity index (χ1n) is 6.59. The highest BCUT2D eigenvalue weighted by molar-refractivity contribution is 6.30. The lowest BCUT2D eigenvalue weighted by atomic mass is 9.91. The number of rotatable bonds is 7. The van der Waals surface area contributed by atoms with Crippen LogP contribution in [0.4, 0.5) is 0 Å². The zero-order valence-electron chi connectivity index (χ0n) is 11.2. The van der Waals surface area contributed by atoms with Gasteiger partial charge in [0, 0.05) is 11.6 Å². The third kappa shape index (κ3) is 5.56. The second-order valence-electron chi connectivity index (χ2n) is 5.03. The Morgan fingerprint density at radius 2 is 2.00 bits per heavy atom. The van der Waals surface area contributed by atoms with Crippen molar-refractivity contribution in [1.29, 1.82) is 0 Å². The lowest BCUT2D eigenvalue weighted by Crippen LogP contribution is -2.21. The van der Waals surface area contributed by atoms with Crippen LogP contribution in [-0.4, -0.2) is 13.1 Å². The normalized spacial score (nSPS) is 13.0. The van der Waals surface area contributed by atoms with Crippen LogP contribution in [-0.2, 0) is 0 Å². The van der Waals surface area contributed by atoms with Crippen molar-refractivity contribution in [2.24, 2.45) is 5.92 Å². The fourth-order valence-electron chi connectivity index (χ4n) is 2.00. The first-order valence-corrected chi connectivity index (χ1v) is 6.97. The van der Waals surface area contributed by atoms with Gasteiger partial charge in [-0.2, -0.15) is 0 Å². The van der Waals surface area contributed by atoms with Crippen LogP contribution in [0.3, 0.4) is 0 Å². The first-order chi connectivity index (χ1) is 8.13. The Balaban J connectivity index is 2.67. The molecule has 1 aromatic rings. The Morgan fingerprint density at radius 3 is 2.59 bits per heavy atom. The quantitative estimate of drug-likeness (QED) is 0.756.